The number of ether oxygens (including phenoxy) is 1. The number of hydrogen-bond acceptors (Lipinski definition) is 4. The van der Waals surface area contributed by atoms with E-state index in [2.05, 4.69) is 10.3 Å². The van der Waals surface area contributed by atoms with Crippen LogP contribution in [0.4, 0.5) is 11.5 Å². The van der Waals surface area contributed by atoms with E-state index < -0.39 is 0 Å². The van der Waals surface area contributed by atoms with E-state index in [-0.39, 0.29) is 5.91 Å². The predicted octanol–water partition coefficient (Wildman–Crippen LogP) is 2.97. The summed E-state index contributed by atoms with van der Waals surface area (Å²) < 4.78 is 5.32. The van der Waals surface area contributed by atoms with Gasteiger partial charge in [-0.15, -0.1) is 0 Å². The van der Waals surface area contributed by atoms with E-state index in [1.807, 2.05) is 6.92 Å². The van der Waals surface area contributed by atoms with Gasteiger partial charge in [-0.25, -0.2) is 4.98 Å². The molecule has 0 bridgehead atoms. The number of amides is 1. The number of carbonyl (C=O) groups excluding carboxylic acids is 1. The summed E-state index contributed by atoms with van der Waals surface area (Å²) >= 11 is 5.73. The zero-order valence-corrected chi connectivity index (χ0v) is 11.6. The van der Waals surface area contributed by atoms with Gasteiger partial charge in [-0.1, -0.05) is 11.6 Å². The molecule has 0 aliphatic carbocycles. The van der Waals surface area contributed by atoms with Gasteiger partial charge in [-0.2, -0.15) is 0 Å². The molecule has 5 nitrogen and oxygen atoms in total. The van der Waals surface area contributed by atoms with E-state index in [4.69, 9.17) is 22.1 Å². The van der Waals surface area contributed by atoms with Crippen molar-refractivity contribution in [2.45, 2.75) is 6.92 Å². The number of nitrogens with two attached hydrogens (primary N) is 1. The van der Waals surface area contributed by atoms with Gasteiger partial charge in [0, 0.05) is 11.8 Å². The lowest BCUT2D eigenvalue weighted by Gasteiger charge is -2.09. The van der Waals surface area contributed by atoms with Crippen LogP contribution in [0.2, 0.25) is 5.02 Å². The van der Waals surface area contributed by atoms with E-state index >= 15 is 0 Å². The number of rotatable bonds is 4. The lowest BCUT2D eigenvalue weighted by molar-refractivity contribution is 0.102. The Morgan fingerprint density at radius 3 is 2.80 bits per heavy atom. The van der Waals surface area contributed by atoms with Crippen LogP contribution in [0.3, 0.4) is 0 Å². The van der Waals surface area contributed by atoms with Crippen LogP contribution < -0.4 is 15.8 Å². The second kappa shape index (κ2) is 6.25. The second-order valence-corrected chi connectivity index (χ2v) is 4.44. The topological polar surface area (TPSA) is 77.2 Å². The summed E-state index contributed by atoms with van der Waals surface area (Å²) in [6.07, 6.45) is 1.46. The van der Waals surface area contributed by atoms with Crippen molar-refractivity contribution in [2.24, 2.45) is 0 Å². The van der Waals surface area contributed by atoms with Gasteiger partial charge in [0.15, 0.2) is 0 Å². The first-order chi connectivity index (χ1) is 9.60. The maximum atomic E-state index is 12.0. The zero-order chi connectivity index (χ0) is 14.5. The molecule has 2 rings (SSSR count). The summed E-state index contributed by atoms with van der Waals surface area (Å²) in [7, 11) is 0. The number of nitrogens with one attached hydrogen (secondary N) is 1. The molecule has 0 aliphatic heterocycles. The van der Waals surface area contributed by atoms with E-state index in [9.17, 15) is 4.79 Å². The number of halogens is 1. The molecule has 1 heterocycles. The standard InChI is InChI=1S/C14H14ClN3O2/c1-2-20-12-5-3-9(7-11(12)16)14(19)18-13-6-4-10(15)8-17-13/h3-8H,2,16H2,1H3,(H,17,18,19). The third kappa shape index (κ3) is 3.39. The van der Waals surface area contributed by atoms with Gasteiger partial charge in [0.25, 0.3) is 5.91 Å². The molecule has 0 atom stereocenters. The first-order valence-corrected chi connectivity index (χ1v) is 6.43. The largest absolute Gasteiger partial charge is 0.492 e. The number of aromatic nitrogens is 1. The van der Waals surface area contributed by atoms with Crippen molar-refractivity contribution >= 4 is 29.0 Å². The fourth-order valence-electron chi connectivity index (χ4n) is 1.61. The molecule has 2 aromatic rings. The summed E-state index contributed by atoms with van der Waals surface area (Å²) in [6.45, 7) is 2.39. The van der Waals surface area contributed by atoms with Crippen LogP contribution in [-0.4, -0.2) is 17.5 Å². The lowest BCUT2D eigenvalue weighted by atomic mass is 10.1. The molecule has 6 heteroatoms. The van der Waals surface area contributed by atoms with E-state index in [0.29, 0.717) is 34.4 Å². The van der Waals surface area contributed by atoms with Crippen molar-refractivity contribution < 1.29 is 9.53 Å². The molecule has 0 radical (unpaired) electrons. The van der Waals surface area contributed by atoms with Crippen molar-refractivity contribution in [1.82, 2.24) is 4.98 Å². The quantitative estimate of drug-likeness (QED) is 0.849. The molecule has 0 fully saturated rings. The molecule has 0 saturated heterocycles. The highest BCUT2D eigenvalue weighted by molar-refractivity contribution is 6.30. The number of benzene rings is 1. The second-order valence-electron chi connectivity index (χ2n) is 4.00. The van der Waals surface area contributed by atoms with Gasteiger partial charge in [0.05, 0.1) is 17.3 Å². The van der Waals surface area contributed by atoms with Crippen molar-refractivity contribution in [3.05, 3.63) is 47.1 Å². The van der Waals surface area contributed by atoms with E-state index in [0.717, 1.165) is 0 Å². The lowest BCUT2D eigenvalue weighted by Crippen LogP contribution is -2.13. The molecule has 20 heavy (non-hydrogen) atoms. The van der Waals surface area contributed by atoms with Gasteiger partial charge in [-0.3, -0.25) is 4.79 Å². The molecule has 104 valence electrons. The number of carbonyl (C=O) groups is 1. The Hall–Kier alpha value is -2.27. The fourth-order valence-corrected chi connectivity index (χ4v) is 1.73. The molecule has 0 spiro atoms. The minimum Gasteiger partial charge on any atom is -0.492 e. The number of hydrogen-bond donors (Lipinski definition) is 2. The molecule has 0 unspecified atom stereocenters. The smallest absolute Gasteiger partial charge is 0.256 e. The Bertz CT molecular complexity index is 614. The Balaban J connectivity index is 2.13. The highest BCUT2D eigenvalue weighted by atomic mass is 35.5. The third-order valence-electron chi connectivity index (χ3n) is 2.54. The van der Waals surface area contributed by atoms with Crippen LogP contribution in [0.25, 0.3) is 0 Å². The number of nitrogen functional groups attached to an aromatic ring is 1. The van der Waals surface area contributed by atoms with Crippen LogP contribution in [0.15, 0.2) is 36.5 Å². The molecule has 0 saturated carbocycles. The molecular weight excluding hydrogens is 278 g/mol. The Labute approximate surface area is 121 Å². The van der Waals surface area contributed by atoms with Gasteiger partial charge >= 0.3 is 0 Å². The van der Waals surface area contributed by atoms with Crippen LogP contribution in [0.5, 0.6) is 5.75 Å². The first kappa shape index (κ1) is 14.1. The Morgan fingerprint density at radius 2 is 2.20 bits per heavy atom. The zero-order valence-electron chi connectivity index (χ0n) is 10.9. The average Bonchev–Trinajstić information content (AvgIpc) is 2.44. The monoisotopic (exact) mass is 291 g/mol. The maximum Gasteiger partial charge on any atom is 0.256 e. The van der Waals surface area contributed by atoms with E-state index in [1.165, 1.54) is 6.20 Å². The van der Waals surface area contributed by atoms with Crippen LogP contribution >= 0.6 is 11.6 Å². The summed E-state index contributed by atoms with van der Waals surface area (Å²) in [4.78, 5) is 16.0. The predicted molar refractivity (Wildman–Crippen MR) is 79.2 cm³/mol. The summed E-state index contributed by atoms with van der Waals surface area (Å²) in [5, 5.41) is 3.17. The minimum atomic E-state index is -0.297. The van der Waals surface area contributed by atoms with Crippen molar-refractivity contribution in [3.63, 3.8) is 0 Å². The highest BCUT2D eigenvalue weighted by Crippen LogP contribution is 2.23. The van der Waals surface area contributed by atoms with Gasteiger partial charge in [-0.05, 0) is 37.3 Å². The van der Waals surface area contributed by atoms with E-state index in [1.54, 1.807) is 30.3 Å². The number of nitrogens with zero attached hydrogens (tertiary/aromatic N) is 1. The summed E-state index contributed by atoms with van der Waals surface area (Å²) in [5.41, 5.74) is 6.67. The van der Waals surface area contributed by atoms with Crippen LogP contribution in [0.1, 0.15) is 17.3 Å². The third-order valence-corrected chi connectivity index (χ3v) is 2.76. The molecule has 3 N–H and O–H groups in total. The Kier molecular flexibility index (Phi) is 4.42. The highest BCUT2D eigenvalue weighted by Gasteiger charge is 2.09. The van der Waals surface area contributed by atoms with Gasteiger partial charge in [0.2, 0.25) is 0 Å². The molecule has 1 amide bonds. The van der Waals surface area contributed by atoms with Crippen molar-refractivity contribution in [3.8, 4) is 5.75 Å². The molecular formula is C14H14ClN3O2. The summed E-state index contributed by atoms with van der Waals surface area (Å²) in [5.74, 6) is 0.690. The molecule has 1 aromatic carbocycles. The molecule has 0 aliphatic rings. The Morgan fingerprint density at radius 1 is 1.40 bits per heavy atom. The summed E-state index contributed by atoms with van der Waals surface area (Å²) in [6, 6.07) is 8.15. The number of anilines is 2. The minimum absolute atomic E-state index is 0.297. The fraction of sp³-hybridized carbons (Fsp3) is 0.143. The van der Waals surface area contributed by atoms with Crippen LogP contribution in [-0.2, 0) is 0 Å². The average molecular weight is 292 g/mol. The SMILES string of the molecule is CCOc1ccc(C(=O)Nc2ccc(Cl)cn2)cc1N. The first-order valence-electron chi connectivity index (χ1n) is 6.05. The number of pyridine rings is 1. The normalized spacial score (nSPS) is 10.1. The van der Waals surface area contributed by atoms with Crippen molar-refractivity contribution in [1.29, 1.82) is 0 Å². The van der Waals surface area contributed by atoms with Crippen molar-refractivity contribution in [2.75, 3.05) is 17.7 Å². The van der Waals surface area contributed by atoms with Gasteiger partial charge in [0.1, 0.15) is 11.6 Å². The molecule has 1 aromatic heterocycles. The van der Waals surface area contributed by atoms with Gasteiger partial charge < -0.3 is 15.8 Å². The maximum absolute atomic E-state index is 12.0. The van der Waals surface area contributed by atoms with Crippen LogP contribution in [0, 0.1) is 0 Å².